The van der Waals surface area contributed by atoms with Crippen LogP contribution in [0.4, 0.5) is 0 Å². The summed E-state index contributed by atoms with van der Waals surface area (Å²) in [6, 6.07) is 17.8. The molecule has 6 aromatic rings. The number of benzene rings is 3. The Morgan fingerprint density at radius 1 is 0.525 bits per heavy atom. The van der Waals surface area contributed by atoms with E-state index in [0.717, 1.165) is 126 Å². The van der Waals surface area contributed by atoms with Gasteiger partial charge in [0.1, 0.15) is 17.5 Å². The maximum Gasteiger partial charge on any atom is 0.307 e. The Kier molecular flexibility index (Phi) is 11.8. The number of rotatable bonds is 18. The number of imidazole rings is 3. The molecule has 3 aliphatic heterocycles. The molecule has 0 aliphatic carbocycles. The Bertz CT molecular complexity index is 2250. The van der Waals surface area contributed by atoms with Crippen LogP contribution in [0.2, 0.25) is 0 Å². The summed E-state index contributed by atoms with van der Waals surface area (Å²) < 4.78 is 0. The molecule has 6 atom stereocenters. The highest BCUT2D eigenvalue weighted by molar-refractivity contribution is 5.79. The van der Waals surface area contributed by atoms with E-state index in [2.05, 4.69) is 35.8 Å². The van der Waals surface area contributed by atoms with Gasteiger partial charge in [0.15, 0.2) is 0 Å². The standard InChI is InChI=1S/C45H54N10O6/c56-43(57)31(28-7-10-46-19-28)13-25-1-4-34-37(16-25)52-40(49-34)22-55(23-41-50-35-5-2-26(17-38(35)53-41)14-32(44(58)59)29-8-11-47-20-29)24-42-51-36-6-3-27(18-39(36)54-42)15-33(45(60)61)30-9-12-48-21-30/h1-6,16-18,28-33,46-48H,7-15,19-24H2,(H,49,52)(H,50,53)(H,51,54)(H,56,57)(H,58,59)(H,60,61). The summed E-state index contributed by atoms with van der Waals surface area (Å²) >= 11 is 0. The predicted molar refractivity (Wildman–Crippen MR) is 229 cm³/mol. The summed E-state index contributed by atoms with van der Waals surface area (Å²) in [5, 5.41) is 40.0. The lowest BCUT2D eigenvalue weighted by atomic mass is 9.86. The van der Waals surface area contributed by atoms with Crippen LogP contribution in [0.3, 0.4) is 0 Å². The minimum Gasteiger partial charge on any atom is -0.481 e. The molecule has 0 radical (unpaired) electrons. The van der Waals surface area contributed by atoms with Crippen molar-refractivity contribution in [3.63, 3.8) is 0 Å². The van der Waals surface area contributed by atoms with Crippen molar-refractivity contribution in [1.29, 1.82) is 0 Å². The van der Waals surface area contributed by atoms with Gasteiger partial charge in [-0.15, -0.1) is 0 Å². The number of carbonyl (C=O) groups is 3. The molecule has 0 amide bonds. The zero-order valence-corrected chi connectivity index (χ0v) is 34.1. The lowest BCUT2D eigenvalue weighted by Crippen LogP contribution is -2.27. The van der Waals surface area contributed by atoms with Gasteiger partial charge in [0.25, 0.3) is 0 Å². The van der Waals surface area contributed by atoms with Gasteiger partial charge in [-0.05, 0) is 149 Å². The molecule has 3 fully saturated rings. The number of aromatic amines is 3. The van der Waals surface area contributed by atoms with Crippen LogP contribution >= 0.6 is 0 Å². The van der Waals surface area contributed by atoms with E-state index >= 15 is 0 Å². The quantitative estimate of drug-likeness (QED) is 0.0595. The lowest BCUT2D eigenvalue weighted by molar-refractivity contribution is -0.144. The van der Waals surface area contributed by atoms with Crippen molar-refractivity contribution in [2.75, 3.05) is 39.3 Å². The molecular formula is C45H54N10O6. The molecule has 320 valence electrons. The Labute approximate surface area is 352 Å². The summed E-state index contributed by atoms with van der Waals surface area (Å²) in [5.41, 5.74) is 7.76. The highest BCUT2D eigenvalue weighted by Gasteiger charge is 2.33. The van der Waals surface area contributed by atoms with Gasteiger partial charge in [0.2, 0.25) is 0 Å². The fourth-order valence-electron chi connectivity index (χ4n) is 9.93. The average molecular weight is 831 g/mol. The Hall–Kier alpha value is -5.68. The van der Waals surface area contributed by atoms with E-state index in [0.29, 0.717) is 38.9 Å². The van der Waals surface area contributed by atoms with Crippen molar-refractivity contribution in [2.24, 2.45) is 35.5 Å². The number of hydrogen-bond donors (Lipinski definition) is 9. The highest BCUT2D eigenvalue weighted by atomic mass is 16.4. The first-order chi connectivity index (χ1) is 29.6. The fraction of sp³-hybridized carbons (Fsp3) is 0.467. The van der Waals surface area contributed by atoms with Crippen LogP contribution in [0.5, 0.6) is 0 Å². The normalized spacial score (nSPS) is 20.9. The van der Waals surface area contributed by atoms with E-state index in [4.69, 9.17) is 15.0 Å². The molecule has 0 bridgehead atoms. The molecule has 9 N–H and O–H groups in total. The first-order valence-electron chi connectivity index (χ1n) is 21.6. The number of hydrogen-bond acceptors (Lipinski definition) is 10. The summed E-state index contributed by atoms with van der Waals surface area (Å²) in [6.45, 7) is 5.95. The monoisotopic (exact) mass is 830 g/mol. The third kappa shape index (κ3) is 9.32. The van der Waals surface area contributed by atoms with Gasteiger partial charge >= 0.3 is 17.9 Å². The maximum atomic E-state index is 12.2. The van der Waals surface area contributed by atoms with Crippen LogP contribution in [0.15, 0.2) is 54.6 Å². The van der Waals surface area contributed by atoms with Gasteiger partial charge in [0, 0.05) is 0 Å². The second-order valence-electron chi connectivity index (χ2n) is 17.5. The molecular weight excluding hydrogens is 777 g/mol. The summed E-state index contributed by atoms with van der Waals surface area (Å²) in [7, 11) is 0. The molecule has 3 aliphatic rings. The van der Waals surface area contributed by atoms with Gasteiger partial charge in [-0.3, -0.25) is 19.3 Å². The number of nitrogens with one attached hydrogen (secondary N) is 6. The number of aliphatic carboxylic acids is 3. The Balaban J connectivity index is 0.968. The number of H-pyrrole nitrogens is 3. The van der Waals surface area contributed by atoms with Crippen molar-refractivity contribution < 1.29 is 29.7 Å². The molecule has 16 heteroatoms. The molecule has 0 saturated carbocycles. The minimum atomic E-state index is -0.768. The first kappa shape index (κ1) is 40.7. The van der Waals surface area contributed by atoms with Gasteiger partial charge < -0.3 is 46.2 Å². The molecule has 3 aromatic carbocycles. The van der Waals surface area contributed by atoms with E-state index < -0.39 is 35.7 Å². The molecule has 9 rings (SSSR count). The highest BCUT2D eigenvalue weighted by Crippen LogP contribution is 2.29. The largest absolute Gasteiger partial charge is 0.481 e. The van der Waals surface area contributed by atoms with Crippen molar-refractivity contribution >= 4 is 51.0 Å². The summed E-state index contributed by atoms with van der Waals surface area (Å²) in [4.78, 5) is 64.2. The average Bonchev–Trinajstić information content (AvgIpc) is 4.09. The summed E-state index contributed by atoms with van der Waals surface area (Å²) in [6.07, 6.45) is 3.91. The number of fused-ring (bicyclic) bond motifs is 3. The van der Waals surface area contributed by atoms with E-state index in [1.54, 1.807) is 0 Å². The number of carboxylic acid groups (broad SMARTS) is 3. The maximum absolute atomic E-state index is 12.2. The predicted octanol–water partition coefficient (Wildman–Crippen LogP) is 4.08. The molecule has 3 aromatic heterocycles. The Morgan fingerprint density at radius 2 is 0.836 bits per heavy atom. The smallest absolute Gasteiger partial charge is 0.307 e. The van der Waals surface area contributed by atoms with E-state index in [9.17, 15) is 29.7 Å². The number of aromatic nitrogens is 6. The second-order valence-corrected chi connectivity index (χ2v) is 17.5. The Morgan fingerprint density at radius 3 is 1.10 bits per heavy atom. The van der Waals surface area contributed by atoms with E-state index in [1.165, 1.54) is 0 Å². The van der Waals surface area contributed by atoms with Gasteiger partial charge in [-0.1, -0.05) is 18.2 Å². The number of carboxylic acids is 3. The molecule has 16 nitrogen and oxygen atoms in total. The third-order valence-corrected chi connectivity index (χ3v) is 13.2. The van der Waals surface area contributed by atoms with Crippen molar-refractivity contribution in [3.05, 3.63) is 88.8 Å². The molecule has 3 saturated heterocycles. The zero-order valence-electron chi connectivity index (χ0n) is 34.1. The second kappa shape index (κ2) is 17.7. The van der Waals surface area contributed by atoms with E-state index in [-0.39, 0.29) is 17.8 Å². The topological polar surface area (TPSA) is 237 Å². The van der Waals surface area contributed by atoms with Crippen molar-refractivity contribution in [2.45, 2.75) is 58.2 Å². The first-order valence-corrected chi connectivity index (χ1v) is 21.6. The van der Waals surface area contributed by atoms with Crippen molar-refractivity contribution in [3.8, 4) is 0 Å². The van der Waals surface area contributed by atoms with Crippen LogP contribution in [-0.2, 0) is 53.3 Å². The zero-order chi connectivity index (χ0) is 42.0. The molecule has 6 unspecified atom stereocenters. The van der Waals surface area contributed by atoms with Crippen molar-refractivity contribution in [1.82, 2.24) is 50.8 Å². The number of nitrogens with zero attached hydrogens (tertiary/aromatic N) is 4. The van der Waals surface area contributed by atoms with Gasteiger partial charge in [-0.2, -0.15) is 0 Å². The minimum absolute atomic E-state index is 0.0982. The van der Waals surface area contributed by atoms with Crippen LogP contribution in [0.1, 0.15) is 53.4 Å². The van der Waals surface area contributed by atoms with E-state index in [1.807, 2.05) is 54.6 Å². The van der Waals surface area contributed by atoms with Crippen LogP contribution in [-0.4, -0.2) is 107 Å². The molecule has 0 spiro atoms. The molecule has 61 heavy (non-hydrogen) atoms. The lowest BCUT2D eigenvalue weighted by Gasteiger charge is -2.19. The molecule has 6 heterocycles. The SMILES string of the molecule is O=C(O)C(Cc1ccc2nc(CN(Cc3nc4ccc(CC(C(=O)O)C5CCNC5)cc4[nH]3)Cc3nc4ccc(CC(C(=O)O)C5CCNC5)cc4[nH]3)[nH]c2c1)C1CCNC1. The van der Waals surface area contributed by atoms with Gasteiger partial charge in [-0.25, -0.2) is 15.0 Å². The van der Waals surface area contributed by atoms with Crippen LogP contribution in [0, 0.1) is 35.5 Å². The summed E-state index contributed by atoms with van der Waals surface area (Å²) in [5.74, 6) is -1.18. The third-order valence-electron chi connectivity index (χ3n) is 13.2. The van der Waals surface area contributed by atoms with Gasteiger partial charge in [0.05, 0.1) is 70.5 Å². The van der Waals surface area contributed by atoms with Crippen LogP contribution in [0.25, 0.3) is 33.1 Å². The van der Waals surface area contributed by atoms with Crippen LogP contribution < -0.4 is 16.0 Å². The fourth-order valence-corrected chi connectivity index (χ4v) is 9.93.